The van der Waals surface area contributed by atoms with Crippen molar-refractivity contribution in [1.29, 1.82) is 0 Å². The lowest BCUT2D eigenvalue weighted by Gasteiger charge is -2.25. The van der Waals surface area contributed by atoms with Crippen LogP contribution in [0.1, 0.15) is 25.7 Å². The van der Waals surface area contributed by atoms with Crippen LogP contribution in [0.2, 0.25) is 0 Å². The van der Waals surface area contributed by atoms with Crippen LogP contribution in [-0.2, 0) is 9.53 Å². The molecule has 2 atom stereocenters. The predicted molar refractivity (Wildman–Crippen MR) is 41.9 cm³/mol. The summed E-state index contributed by atoms with van der Waals surface area (Å²) in [5, 5.41) is 0. The van der Waals surface area contributed by atoms with Crippen LogP contribution in [0.25, 0.3) is 0 Å². The van der Waals surface area contributed by atoms with Crippen molar-refractivity contribution in [2.45, 2.75) is 31.7 Å². The summed E-state index contributed by atoms with van der Waals surface area (Å²) >= 11 is 0. The van der Waals surface area contributed by atoms with Gasteiger partial charge in [-0.1, -0.05) is 12.8 Å². The molecular formula is C8H15NO2. The van der Waals surface area contributed by atoms with E-state index in [4.69, 9.17) is 5.73 Å². The first kappa shape index (κ1) is 8.53. The van der Waals surface area contributed by atoms with Crippen molar-refractivity contribution < 1.29 is 9.53 Å². The SMILES string of the molecule is COC(=O)[C@@H]1CCCC[C@H]1N. The third kappa shape index (κ3) is 1.93. The van der Waals surface area contributed by atoms with Crippen molar-refractivity contribution in [3.63, 3.8) is 0 Å². The fourth-order valence-corrected chi connectivity index (χ4v) is 1.60. The summed E-state index contributed by atoms with van der Waals surface area (Å²) in [7, 11) is 1.42. The molecule has 3 heteroatoms. The van der Waals surface area contributed by atoms with E-state index in [9.17, 15) is 4.79 Å². The smallest absolute Gasteiger partial charge is 0.310 e. The van der Waals surface area contributed by atoms with Crippen LogP contribution in [0.5, 0.6) is 0 Å². The third-order valence-corrected chi connectivity index (χ3v) is 2.32. The highest BCUT2D eigenvalue weighted by Gasteiger charge is 2.28. The Hall–Kier alpha value is -0.570. The van der Waals surface area contributed by atoms with Crippen molar-refractivity contribution in [2.24, 2.45) is 11.7 Å². The second-order valence-corrected chi connectivity index (χ2v) is 3.08. The van der Waals surface area contributed by atoms with E-state index in [-0.39, 0.29) is 17.9 Å². The standard InChI is InChI=1S/C8H15NO2/c1-11-8(10)6-4-2-3-5-7(6)9/h6-7H,2-5,9H2,1H3/t6-,7-/m1/s1. The van der Waals surface area contributed by atoms with Gasteiger partial charge in [0.05, 0.1) is 13.0 Å². The van der Waals surface area contributed by atoms with E-state index in [1.807, 2.05) is 0 Å². The Bertz CT molecular complexity index is 147. The maximum absolute atomic E-state index is 11.1. The Morgan fingerprint density at radius 3 is 2.64 bits per heavy atom. The van der Waals surface area contributed by atoms with E-state index in [0.29, 0.717) is 0 Å². The van der Waals surface area contributed by atoms with Crippen LogP contribution in [0.15, 0.2) is 0 Å². The average molecular weight is 157 g/mol. The number of carbonyl (C=O) groups is 1. The van der Waals surface area contributed by atoms with Crippen molar-refractivity contribution >= 4 is 5.97 Å². The van der Waals surface area contributed by atoms with Crippen LogP contribution in [-0.4, -0.2) is 19.1 Å². The zero-order valence-electron chi connectivity index (χ0n) is 6.88. The minimum absolute atomic E-state index is 0.0243. The van der Waals surface area contributed by atoms with Crippen molar-refractivity contribution in [3.8, 4) is 0 Å². The lowest BCUT2D eigenvalue weighted by molar-refractivity contribution is -0.147. The molecule has 1 aliphatic rings. The van der Waals surface area contributed by atoms with Gasteiger partial charge in [-0.25, -0.2) is 0 Å². The van der Waals surface area contributed by atoms with E-state index in [1.54, 1.807) is 0 Å². The van der Waals surface area contributed by atoms with Crippen molar-refractivity contribution in [3.05, 3.63) is 0 Å². The minimum Gasteiger partial charge on any atom is -0.469 e. The van der Waals surface area contributed by atoms with Crippen molar-refractivity contribution in [2.75, 3.05) is 7.11 Å². The molecule has 1 fully saturated rings. The highest BCUT2D eigenvalue weighted by molar-refractivity contribution is 5.73. The number of ether oxygens (including phenoxy) is 1. The van der Waals surface area contributed by atoms with Gasteiger partial charge in [0.15, 0.2) is 0 Å². The number of rotatable bonds is 1. The maximum Gasteiger partial charge on any atom is 0.310 e. The average Bonchev–Trinajstić information content (AvgIpc) is 2.04. The summed E-state index contributed by atoms with van der Waals surface area (Å²) in [5.74, 6) is -0.189. The first-order chi connectivity index (χ1) is 5.25. The number of esters is 1. The molecule has 0 amide bonds. The fourth-order valence-electron chi connectivity index (χ4n) is 1.60. The number of carbonyl (C=O) groups excluding carboxylic acids is 1. The number of nitrogens with two attached hydrogens (primary N) is 1. The number of hydrogen-bond acceptors (Lipinski definition) is 3. The summed E-state index contributed by atoms with van der Waals surface area (Å²) in [6.07, 6.45) is 4.11. The zero-order valence-corrected chi connectivity index (χ0v) is 6.88. The van der Waals surface area contributed by atoms with Crippen LogP contribution in [0.4, 0.5) is 0 Å². The second kappa shape index (κ2) is 3.72. The van der Waals surface area contributed by atoms with Crippen LogP contribution in [0, 0.1) is 5.92 Å². The molecule has 0 aromatic rings. The summed E-state index contributed by atoms with van der Waals surface area (Å²) in [6.45, 7) is 0. The number of hydrogen-bond donors (Lipinski definition) is 1. The normalized spacial score (nSPS) is 31.5. The van der Waals surface area contributed by atoms with Gasteiger partial charge in [0.1, 0.15) is 0 Å². The Kier molecular flexibility index (Phi) is 2.88. The molecule has 0 aliphatic heterocycles. The predicted octanol–water partition coefficient (Wildman–Crippen LogP) is 0.677. The first-order valence-corrected chi connectivity index (χ1v) is 4.09. The molecule has 0 unspecified atom stereocenters. The molecular weight excluding hydrogens is 142 g/mol. The van der Waals surface area contributed by atoms with Gasteiger partial charge >= 0.3 is 5.97 Å². The van der Waals surface area contributed by atoms with E-state index < -0.39 is 0 Å². The minimum atomic E-state index is -0.141. The van der Waals surface area contributed by atoms with Gasteiger partial charge in [-0.15, -0.1) is 0 Å². The molecule has 0 heterocycles. The van der Waals surface area contributed by atoms with Crippen LogP contribution < -0.4 is 5.73 Å². The van der Waals surface area contributed by atoms with Gasteiger partial charge < -0.3 is 10.5 Å². The lowest BCUT2D eigenvalue weighted by atomic mass is 9.85. The molecule has 1 aliphatic carbocycles. The Morgan fingerprint density at radius 2 is 2.09 bits per heavy atom. The fraction of sp³-hybridized carbons (Fsp3) is 0.875. The van der Waals surface area contributed by atoms with E-state index in [2.05, 4.69) is 4.74 Å². The molecule has 0 spiro atoms. The summed E-state index contributed by atoms with van der Waals surface area (Å²) < 4.78 is 4.64. The summed E-state index contributed by atoms with van der Waals surface area (Å²) in [6, 6.07) is 0.0243. The van der Waals surface area contributed by atoms with Gasteiger partial charge in [0.25, 0.3) is 0 Å². The molecule has 1 saturated carbocycles. The van der Waals surface area contributed by atoms with E-state index >= 15 is 0 Å². The zero-order chi connectivity index (χ0) is 8.27. The molecule has 0 aromatic carbocycles. The monoisotopic (exact) mass is 157 g/mol. The van der Waals surface area contributed by atoms with Gasteiger partial charge in [-0.2, -0.15) is 0 Å². The molecule has 1 rings (SSSR count). The van der Waals surface area contributed by atoms with Gasteiger partial charge in [-0.3, -0.25) is 4.79 Å². The molecule has 0 bridgehead atoms. The lowest BCUT2D eigenvalue weighted by Crippen LogP contribution is -2.38. The molecule has 0 radical (unpaired) electrons. The summed E-state index contributed by atoms with van der Waals surface area (Å²) in [5.41, 5.74) is 5.75. The van der Waals surface area contributed by atoms with Crippen LogP contribution >= 0.6 is 0 Å². The quantitative estimate of drug-likeness (QED) is 0.569. The largest absolute Gasteiger partial charge is 0.469 e. The Morgan fingerprint density at radius 1 is 1.45 bits per heavy atom. The Labute approximate surface area is 66.9 Å². The molecule has 0 saturated heterocycles. The topological polar surface area (TPSA) is 52.3 Å². The summed E-state index contributed by atoms with van der Waals surface area (Å²) in [4.78, 5) is 11.1. The molecule has 2 N–H and O–H groups in total. The van der Waals surface area contributed by atoms with Gasteiger partial charge in [0.2, 0.25) is 0 Å². The highest BCUT2D eigenvalue weighted by atomic mass is 16.5. The molecule has 11 heavy (non-hydrogen) atoms. The first-order valence-electron chi connectivity index (χ1n) is 4.09. The van der Waals surface area contributed by atoms with Gasteiger partial charge in [-0.05, 0) is 12.8 Å². The van der Waals surface area contributed by atoms with E-state index in [0.717, 1.165) is 25.7 Å². The van der Waals surface area contributed by atoms with Crippen LogP contribution in [0.3, 0.4) is 0 Å². The molecule has 3 nitrogen and oxygen atoms in total. The van der Waals surface area contributed by atoms with Crippen molar-refractivity contribution in [1.82, 2.24) is 0 Å². The molecule has 64 valence electrons. The molecule has 0 aromatic heterocycles. The Balaban J connectivity index is 2.47. The van der Waals surface area contributed by atoms with Gasteiger partial charge in [0, 0.05) is 6.04 Å². The maximum atomic E-state index is 11.1. The van der Waals surface area contributed by atoms with E-state index in [1.165, 1.54) is 7.11 Å². The number of methoxy groups -OCH3 is 1. The second-order valence-electron chi connectivity index (χ2n) is 3.08. The highest BCUT2D eigenvalue weighted by Crippen LogP contribution is 2.23. The third-order valence-electron chi connectivity index (χ3n) is 2.32.